The van der Waals surface area contributed by atoms with Crippen LogP contribution in [0.15, 0.2) is 30.3 Å². The standard InChI is InChI=1S/C14H17NO3/c1-10(14(17)18)9-15(12-7-8-12)13(16)11-5-3-2-4-6-11/h2-6,10,12H,7-9H2,1H3,(H,17,18). The number of hydrogen-bond donors (Lipinski definition) is 1. The normalized spacial score (nSPS) is 16.1. The summed E-state index contributed by atoms with van der Waals surface area (Å²) in [6.45, 7) is 1.92. The molecule has 1 aromatic carbocycles. The minimum Gasteiger partial charge on any atom is -0.481 e. The molecule has 0 saturated heterocycles. The third-order valence-electron chi connectivity index (χ3n) is 3.16. The fraction of sp³-hybridized carbons (Fsp3) is 0.429. The molecule has 4 heteroatoms. The van der Waals surface area contributed by atoms with Gasteiger partial charge in [0.1, 0.15) is 0 Å². The van der Waals surface area contributed by atoms with E-state index in [1.807, 2.05) is 18.2 Å². The summed E-state index contributed by atoms with van der Waals surface area (Å²) in [5.41, 5.74) is 0.627. The van der Waals surface area contributed by atoms with E-state index in [2.05, 4.69) is 0 Å². The van der Waals surface area contributed by atoms with Crippen LogP contribution in [0.2, 0.25) is 0 Å². The first-order valence-electron chi connectivity index (χ1n) is 6.18. The second-order valence-electron chi connectivity index (χ2n) is 4.79. The minimum atomic E-state index is -0.860. The van der Waals surface area contributed by atoms with E-state index in [0.717, 1.165) is 12.8 Å². The van der Waals surface area contributed by atoms with Gasteiger partial charge in [-0.05, 0) is 25.0 Å². The highest BCUT2D eigenvalue weighted by atomic mass is 16.4. The van der Waals surface area contributed by atoms with Crippen LogP contribution in [0.5, 0.6) is 0 Å². The molecule has 18 heavy (non-hydrogen) atoms. The third-order valence-corrected chi connectivity index (χ3v) is 3.16. The molecule has 1 aliphatic carbocycles. The van der Waals surface area contributed by atoms with E-state index in [0.29, 0.717) is 5.56 Å². The molecule has 1 aromatic rings. The molecule has 1 fully saturated rings. The summed E-state index contributed by atoms with van der Waals surface area (Å²) in [6.07, 6.45) is 1.95. The van der Waals surface area contributed by atoms with Crippen LogP contribution in [0.25, 0.3) is 0 Å². The molecule has 0 radical (unpaired) electrons. The molecule has 1 amide bonds. The minimum absolute atomic E-state index is 0.0637. The number of benzene rings is 1. The highest BCUT2D eigenvalue weighted by Crippen LogP contribution is 2.29. The summed E-state index contributed by atoms with van der Waals surface area (Å²) in [7, 11) is 0. The Hall–Kier alpha value is -1.84. The van der Waals surface area contributed by atoms with Gasteiger partial charge < -0.3 is 10.0 Å². The monoisotopic (exact) mass is 247 g/mol. The molecule has 1 N–H and O–H groups in total. The lowest BCUT2D eigenvalue weighted by Gasteiger charge is -2.24. The number of hydrogen-bond acceptors (Lipinski definition) is 2. The SMILES string of the molecule is CC(CN(C(=O)c1ccccc1)C1CC1)C(=O)O. The highest BCUT2D eigenvalue weighted by molar-refractivity contribution is 5.94. The first-order chi connectivity index (χ1) is 8.59. The Morgan fingerprint density at radius 1 is 1.33 bits per heavy atom. The predicted molar refractivity (Wildman–Crippen MR) is 67.3 cm³/mol. The highest BCUT2D eigenvalue weighted by Gasteiger charge is 2.34. The fourth-order valence-electron chi connectivity index (χ4n) is 1.90. The van der Waals surface area contributed by atoms with Gasteiger partial charge in [0.05, 0.1) is 5.92 Å². The first-order valence-corrected chi connectivity index (χ1v) is 6.18. The summed E-state index contributed by atoms with van der Waals surface area (Å²) in [5, 5.41) is 8.95. The number of carbonyl (C=O) groups excluding carboxylic acids is 1. The van der Waals surface area contributed by atoms with Gasteiger partial charge in [0.15, 0.2) is 0 Å². The molecule has 0 aromatic heterocycles. The van der Waals surface area contributed by atoms with Crippen LogP contribution in [0.4, 0.5) is 0 Å². The number of rotatable bonds is 5. The Kier molecular flexibility index (Phi) is 3.65. The first kappa shape index (κ1) is 12.6. The smallest absolute Gasteiger partial charge is 0.308 e. The molecular formula is C14H17NO3. The van der Waals surface area contributed by atoms with Crippen LogP contribution >= 0.6 is 0 Å². The van der Waals surface area contributed by atoms with Crippen molar-refractivity contribution >= 4 is 11.9 Å². The summed E-state index contributed by atoms with van der Waals surface area (Å²) in [5.74, 6) is -1.45. The Balaban J connectivity index is 2.11. The summed E-state index contributed by atoms with van der Waals surface area (Å²) in [4.78, 5) is 24.9. The van der Waals surface area contributed by atoms with Gasteiger partial charge in [0, 0.05) is 18.2 Å². The molecule has 96 valence electrons. The molecule has 2 rings (SSSR count). The van der Waals surface area contributed by atoms with Crippen molar-refractivity contribution in [3.05, 3.63) is 35.9 Å². The van der Waals surface area contributed by atoms with Gasteiger partial charge in [0.25, 0.3) is 5.91 Å². The van der Waals surface area contributed by atoms with E-state index in [9.17, 15) is 9.59 Å². The maximum Gasteiger partial charge on any atom is 0.308 e. The number of carbonyl (C=O) groups is 2. The van der Waals surface area contributed by atoms with Crippen molar-refractivity contribution < 1.29 is 14.7 Å². The summed E-state index contributed by atoms with van der Waals surface area (Å²) < 4.78 is 0. The Morgan fingerprint density at radius 2 is 1.94 bits per heavy atom. The maximum atomic E-state index is 12.3. The van der Waals surface area contributed by atoms with E-state index in [4.69, 9.17) is 5.11 Å². The van der Waals surface area contributed by atoms with Gasteiger partial charge in [-0.2, -0.15) is 0 Å². The summed E-state index contributed by atoms with van der Waals surface area (Å²) >= 11 is 0. The molecule has 1 saturated carbocycles. The van der Waals surface area contributed by atoms with E-state index in [-0.39, 0.29) is 18.5 Å². The predicted octanol–water partition coefficient (Wildman–Crippen LogP) is 2.01. The van der Waals surface area contributed by atoms with Crippen molar-refractivity contribution in [2.45, 2.75) is 25.8 Å². The topological polar surface area (TPSA) is 57.6 Å². The van der Waals surface area contributed by atoms with E-state index < -0.39 is 11.9 Å². The lowest BCUT2D eigenvalue weighted by atomic mass is 10.1. The van der Waals surface area contributed by atoms with Crippen LogP contribution in [0.3, 0.4) is 0 Å². The summed E-state index contributed by atoms with van der Waals surface area (Å²) in [6, 6.07) is 9.25. The van der Waals surface area contributed by atoms with Gasteiger partial charge in [-0.25, -0.2) is 0 Å². The number of carboxylic acid groups (broad SMARTS) is 1. The zero-order valence-corrected chi connectivity index (χ0v) is 10.4. The molecule has 0 heterocycles. The average molecular weight is 247 g/mol. The van der Waals surface area contributed by atoms with Gasteiger partial charge in [-0.3, -0.25) is 9.59 Å². The zero-order valence-electron chi connectivity index (χ0n) is 10.4. The molecule has 1 unspecified atom stereocenters. The Labute approximate surface area is 106 Å². The van der Waals surface area contributed by atoms with Crippen molar-refractivity contribution in [1.29, 1.82) is 0 Å². The number of carboxylic acids is 1. The van der Waals surface area contributed by atoms with Crippen molar-refractivity contribution in [2.75, 3.05) is 6.54 Å². The molecule has 0 bridgehead atoms. The molecular weight excluding hydrogens is 230 g/mol. The number of nitrogens with zero attached hydrogens (tertiary/aromatic N) is 1. The van der Waals surface area contributed by atoms with E-state index in [1.54, 1.807) is 24.0 Å². The number of aliphatic carboxylic acids is 1. The van der Waals surface area contributed by atoms with Gasteiger partial charge in [-0.1, -0.05) is 25.1 Å². The largest absolute Gasteiger partial charge is 0.481 e. The maximum absolute atomic E-state index is 12.3. The second-order valence-corrected chi connectivity index (χ2v) is 4.79. The average Bonchev–Trinajstić information content (AvgIpc) is 3.20. The quantitative estimate of drug-likeness (QED) is 0.866. The zero-order chi connectivity index (χ0) is 13.1. The van der Waals surface area contributed by atoms with Crippen LogP contribution in [0.1, 0.15) is 30.1 Å². The second kappa shape index (κ2) is 5.21. The van der Waals surface area contributed by atoms with Crippen molar-refractivity contribution in [3.63, 3.8) is 0 Å². The van der Waals surface area contributed by atoms with Gasteiger partial charge >= 0.3 is 5.97 Å². The van der Waals surface area contributed by atoms with Crippen molar-refractivity contribution in [2.24, 2.45) is 5.92 Å². The lowest BCUT2D eigenvalue weighted by Crippen LogP contribution is -2.38. The van der Waals surface area contributed by atoms with Gasteiger partial charge in [-0.15, -0.1) is 0 Å². The van der Waals surface area contributed by atoms with Crippen molar-refractivity contribution in [3.8, 4) is 0 Å². The van der Waals surface area contributed by atoms with E-state index in [1.165, 1.54) is 0 Å². The number of amides is 1. The fourth-order valence-corrected chi connectivity index (χ4v) is 1.90. The van der Waals surface area contributed by atoms with Crippen LogP contribution in [-0.4, -0.2) is 34.5 Å². The lowest BCUT2D eigenvalue weighted by molar-refractivity contribution is -0.141. The molecule has 4 nitrogen and oxygen atoms in total. The Morgan fingerprint density at radius 3 is 2.44 bits per heavy atom. The molecule has 0 aliphatic heterocycles. The van der Waals surface area contributed by atoms with E-state index >= 15 is 0 Å². The third kappa shape index (κ3) is 2.88. The molecule has 0 spiro atoms. The van der Waals surface area contributed by atoms with Crippen LogP contribution in [0, 0.1) is 5.92 Å². The molecule has 1 aliphatic rings. The van der Waals surface area contributed by atoms with Crippen molar-refractivity contribution in [1.82, 2.24) is 4.90 Å². The van der Waals surface area contributed by atoms with Crippen LogP contribution in [-0.2, 0) is 4.79 Å². The van der Waals surface area contributed by atoms with Crippen LogP contribution < -0.4 is 0 Å². The van der Waals surface area contributed by atoms with Gasteiger partial charge in [0.2, 0.25) is 0 Å². The Bertz CT molecular complexity index is 440. The molecule has 1 atom stereocenters.